The minimum Gasteiger partial charge on any atom is -0.463 e. The molecule has 0 aliphatic rings. The summed E-state index contributed by atoms with van der Waals surface area (Å²) in [5.41, 5.74) is -3.13. The maximum Gasteiger partial charge on any atom is 0.442 e. The lowest BCUT2D eigenvalue weighted by Crippen LogP contribution is -2.69. The molecule has 1 rings (SSSR count). The molecule has 0 unspecified atom stereocenters. The second-order valence-corrected chi connectivity index (χ2v) is 5.34. The smallest absolute Gasteiger partial charge is 0.442 e. The van der Waals surface area contributed by atoms with Gasteiger partial charge in [-0.15, -0.1) is 0 Å². The van der Waals surface area contributed by atoms with E-state index >= 15 is 0 Å². The van der Waals surface area contributed by atoms with E-state index < -0.39 is 30.0 Å². The van der Waals surface area contributed by atoms with E-state index in [1.807, 2.05) is 5.32 Å². The molecule has 1 amide bonds. The maximum absolute atomic E-state index is 13.8. The first kappa shape index (κ1) is 20.5. The van der Waals surface area contributed by atoms with E-state index in [4.69, 9.17) is 0 Å². The molecule has 0 aliphatic carbocycles. The highest BCUT2D eigenvalue weighted by molar-refractivity contribution is 5.89. The second-order valence-electron chi connectivity index (χ2n) is 5.34. The van der Waals surface area contributed by atoms with Crippen LogP contribution in [0.4, 0.5) is 23.8 Å². The molecular formula is C15H20F3N3O4. The summed E-state index contributed by atoms with van der Waals surface area (Å²) in [7, 11) is 0. The van der Waals surface area contributed by atoms with Crippen molar-refractivity contribution < 1.29 is 32.2 Å². The molecule has 1 aromatic rings. The molecule has 1 heterocycles. The van der Waals surface area contributed by atoms with Gasteiger partial charge in [0, 0.05) is 5.69 Å². The highest BCUT2D eigenvalue weighted by Gasteiger charge is 2.64. The monoisotopic (exact) mass is 363 g/mol. The topological polar surface area (TPSA) is 89.5 Å². The summed E-state index contributed by atoms with van der Waals surface area (Å²) >= 11 is 0. The number of nitrogens with zero attached hydrogens (tertiary/aromatic N) is 1. The van der Waals surface area contributed by atoms with E-state index in [0.29, 0.717) is 5.69 Å². The fourth-order valence-corrected chi connectivity index (χ4v) is 1.83. The summed E-state index contributed by atoms with van der Waals surface area (Å²) in [5, 5.41) is 3.48. The van der Waals surface area contributed by atoms with Crippen molar-refractivity contribution >= 4 is 17.9 Å². The normalized spacial score (nSPS) is 13.8. The predicted octanol–water partition coefficient (Wildman–Crippen LogP) is 2.76. The molecule has 10 heteroatoms. The zero-order valence-electron chi connectivity index (χ0n) is 14.2. The molecule has 2 N–H and O–H groups in total. The van der Waals surface area contributed by atoms with Gasteiger partial charge in [-0.2, -0.15) is 13.2 Å². The summed E-state index contributed by atoms with van der Waals surface area (Å²) < 4.78 is 50.5. The third-order valence-corrected chi connectivity index (χ3v) is 2.84. The summed E-state index contributed by atoms with van der Waals surface area (Å²) in [6.07, 6.45) is -7.36. The Labute approximate surface area is 142 Å². The fraction of sp³-hybridized carbons (Fsp3) is 0.533. The van der Waals surface area contributed by atoms with Crippen LogP contribution in [-0.2, 0) is 14.3 Å². The summed E-state index contributed by atoms with van der Waals surface area (Å²) in [6.45, 7) is 5.49. The maximum atomic E-state index is 13.8. The van der Waals surface area contributed by atoms with E-state index in [1.165, 1.54) is 32.9 Å². The lowest BCUT2D eigenvalue weighted by atomic mass is 10.1. The number of alkyl carbamates (subject to hydrolysis) is 1. The van der Waals surface area contributed by atoms with Crippen molar-refractivity contribution in [2.45, 2.75) is 45.6 Å². The van der Waals surface area contributed by atoms with E-state index in [1.54, 1.807) is 18.3 Å². The van der Waals surface area contributed by atoms with Crippen molar-refractivity contribution in [1.29, 1.82) is 0 Å². The number of halogens is 3. The molecule has 0 radical (unpaired) electrons. The van der Waals surface area contributed by atoms with E-state index in [9.17, 15) is 22.8 Å². The van der Waals surface area contributed by atoms with Gasteiger partial charge in [0.05, 0.1) is 12.7 Å². The van der Waals surface area contributed by atoms with Crippen LogP contribution in [0.15, 0.2) is 18.2 Å². The molecule has 1 aromatic heterocycles. The van der Waals surface area contributed by atoms with Gasteiger partial charge in [-0.25, -0.2) is 14.6 Å². The number of aromatic nitrogens is 1. The Balaban J connectivity index is 3.33. The van der Waals surface area contributed by atoms with Gasteiger partial charge in [-0.1, -0.05) is 6.07 Å². The number of pyridine rings is 1. The minimum absolute atomic E-state index is 0.268. The molecule has 0 fully saturated rings. The zero-order chi connectivity index (χ0) is 19.3. The lowest BCUT2D eigenvalue weighted by molar-refractivity contribution is -0.205. The standard InChI is InChI=1S/C15H20F3N3O4/c1-5-24-12(22)14(15(16,17)18,21-13(23)25-9(2)3)20-11-8-6-7-10(4)19-11/h6-9H,5H2,1-4H3,(H,19,20)(H,21,23)/t14-/m1/s1. The lowest BCUT2D eigenvalue weighted by Gasteiger charge is -2.34. The van der Waals surface area contributed by atoms with E-state index in [0.717, 1.165) is 0 Å². The average molecular weight is 363 g/mol. The van der Waals surface area contributed by atoms with E-state index in [2.05, 4.69) is 14.5 Å². The van der Waals surface area contributed by atoms with Gasteiger partial charge in [0.1, 0.15) is 5.82 Å². The Hall–Kier alpha value is -2.52. The number of carbonyl (C=O) groups is 2. The molecule has 25 heavy (non-hydrogen) atoms. The summed E-state index contributed by atoms with van der Waals surface area (Å²) in [4.78, 5) is 27.8. The number of esters is 1. The fourth-order valence-electron chi connectivity index (χ4n) is 1.83. The molecule has 0 saturated heterocycles. The largest absolute Gasteiger partial charge is 0.463 e. The number of alkyl halides is 3. The van der Waals surface area contributed by atoms with Crippen molar-refractivity contribution in [3.8, 4) is 0 Å². The number of anilines is 1. The molecule has 7 nitrogen and oxygen atoms in total. The Morgan fingerprint density at radius 3 is 2.40 bits per heavy atom. The molecule has 0 spiro atoms. The Morgan fingerprint density at radius 1 is 1.28 bits per heavy atom. The van der Waals surface area contributed by atoms with Crippen molar-refractivity contribution in [3.63, 3.8) is 0 Å². The minimum atomic E-state index is -5.24. The van der Waals surface area contributed by atoms with Crippen LogP contribution in [0.1, 0.15) is 26.5 Å². The van der Waals surface area contributed by atoms with Crippen LogP contribution in [-0.4, -0.2) is 41.6 Å². The van der Waals surface area contributed by atoms with Crippen LogP contribution >= 0.6 is 0 Å². The van der Waals surface area contributed by atoms with Crippen LogP contribution in [0.5, 0.6) is 0 Å². The van der Waals surface area contributed by atoms with Crippen LogP contribution in [0.25, 0.3) is 0 Å². The Bertz CT molecular complexity index is 622. The molecule has 0 aliphatic heterocycles. The predicted molar refractivity (Wildman–Crippen MR) is 82.8 cm³/mol. The van der Waals surface area contributed by atoms with Crippen LogP contribution in [0, 0.1) is 6.92 Å². The van der Waals surface area contributed by atoms with Crippen molar-refractivity contribution in [3.05, 3.63) is 23.9 Å². The van der Waals surface area contributed by atoms with Crippen LogP contribution in [0.2, 0.25) is 0 Å². The Morgan fingerprint density at radius 2 is 1.92 bits per heavy atom. The van der Waals surface area contributed by atoms with Crippen molar-refractivity contribution in [2.75, 3.05) is 11.9 Å². The van der Waals surface area contributed by atoms with Crippen molar-refractivity contribution in [2.24, 2.45) is 0 Å². The number of carbonyl (C=O) groups excluding carboxylic acids is 2. The van der Waals surface area contributed by atoms with Gasteiger partial charge in [-0.05, 0) is 39.8 Å². The van der Waals surface area contributed by atoms with Gasteiger partial charge in [0.15, 0.2) is 0 Å². The Kier molecular flexibility index (Phi) is 6.60. The number of nitrogens with one attached hydrogen (secondary N) is 2. The number of ether oxygens (including phenoxy) is 2. The third kappa shape index (κ3) is 5.23. The summed E-state index contributed by atoms with van der Waals surface area (Å²) in [5.74, 6) is -2.00. The molecule has 140 valence electrons. The first-order chi connectivity index (χ1) is 11.5. The zero-order valence-corrected chi connectivity index (χ0v) is 14.2. The van der Waals surface area contributed by atoms with Gasteiger partial charge >= 0.3 is 23.9 Å². The van der Waals surface area contributed by atoms with E-state index in [-0.39, 0.29) is 12.4 Å². The van der Waals surface area contributed by atoms with Gasteiger partial charge in [-0.3, -0.25) is 5.32 Å². The number of hydrogen-bond donors (Lipinski definition) is 2. The number of amides is 1. The van der Waals surface area contributed by atoms with Crippen molar-refractivity contribution in [1.82, 2.24) is 10.3 Å². The van der Waals surface area contributed by atoms with Crippen LogP contribution < -0.4 is 10.6 Å². The highest BCUT2D eigenvalue weighted by Crippen LogP contribution is 2.33. The first-order valence-electron chi connectivity index (χ1n) is 7.46. The molecular weight excluding hydrogens is 343 g/mol. The first-order valence-corrected chi connectivity index (χ1v) is 7.46. The second kappa shape index (κ2) is 8.04. The molecule has 0 saturated carbocycles. The molecule has 0 aromatic carbocycles. The number of hydrogen-bond acceptors (Lipinski definition) is 6. The average Bonchev–Trinajstić information content (AvgIpc) is 2.44. The van der Waals surface area contributed by atoms with Gasteiger partial charge < -0.3 is 14.8 Å². The summed E-state index contributed by atoms with van der Waals surface area (Å²) in [6, 6.07) is 4.23. The third-order valence-electron chi connectivity index (χ3n) is 2.84. The number of rotatable bonds is 6. The molecule has 1 atom stereocenters. The van der Waals surface area contributed by atoms with Gasteiger partial charge in [0.2, 0.25) is 0 Å². The van der Waals surface area contributed by atoms with Gasteiger partial charge in [0.25, 0.3) is 0 Å². The number of aryl methyl sites for hydroxylation is 1. The van der Waals surface area contributed by atoms with Crippen LogP contribution in [0.3, 0.4) is 0 Å². The highest BCUT2D eigenvalue weighted by atomic mass is 19.4. The molecule has 0 bridgehead atoms. The SMILES string of the molecule is CCOC(=O)[C@](NC(=O)OC(C)C)(Nc1cccc(C)n1)C(F)(F)F. The quantitative estimate of drug-likeness (QED) is 0.597.